The molecule has 1 fully saturated rings. The molecule has 0 spiro atoms. The van der Waals surface area contributed by atoms with Crippen LogP contribution in [0.2, 0.25) is 0 Å². The number of anilines is 1. The molecule has 1 atom stereocenters. The van der Waals surface area contributed by atoms with Crippen molar-refractivity contribution in [3.05, 3.63) is 42.0 Å². The minimum absolute atomic E-state index is 0.461. The fraction of sp³-hybridized carbons (Fsp3) is 0.389. The zero-order valence-corrected chi connectivity index (χ0v) is 13.2. The largest absolute Gasteiger partial charge is 0.389 e. The van der Waals surface area contributed by atoms with E-state index >= 15 is 0 Å². The molecule has 3 rings (SSSR count). The number of hydrogen-bond donors (Lipinski definition) is 2. The van der Waals surface area contributed by atoms with Crippen molar-refractivity contribution in [2.75, 3.05) is 5.32 Å². The fourth-order valence-electron chi connectivity index (χ4n) is 2.94. The Morgan fingerprint density at radius 1 is 1.24 bits per heavy atom. The highest BCUT2D eigenvalue weighted by molar-refractivity contribution is 7.80. The van der Waals surface area contributed by atoms with Gasteiger partial charge in [0.25, 0.3) is 0 Å². The van der Waals surface area contributed by atoms with Gasteiger partial charge < -0.3 is 11.1 Å². The zero-order valence-electron chi connectivity index (χ0n) is 12.4. The second-order valence-electron chi connectivity index (χ2n) is 6.00. The van der Waals surface area contributed by atoms with Crippen LogP contribution in [0.3, 0.4) is 0 Å². The van der Waals surface area contributed by atoms with Crippen molar-refractivity contribution in [3.8, 4) is 0 Å². The van der Waals surface area contributed by atoms with Gasteiger partial charge in [0.15, 0.2) is 0 Å². The first-order valence-corrected chi connectivity index (χ1v) is 8.18. The monoisotopic (exact) mass is 298 g/mol. The van der Waals surface area contributed by atoms with Gasteiger partial charge in [-0.15, -0.1) is 0 Å². The fourth-order valence-corrected chi connectivity index (χ4v) is 3.12. The number of fused-ring (bicyclic) bond motifs is 1. The smallest absolute Gasteiger partial charge is 0.104 e. The van der Waals surface area contributed by atoms with E-state index in [1.54, 1.807) is 0 Å². The third kappa shape index (κ3) is 3.18. The first-order valence-electron chi connectivity index (χ1n) is 7.77. The number of nitrogens with one attached hydrogen (secondary N) is 1. The minimum Gasteiger partial charge on any atom is -0.389 e. The summed E-state index contributed by atoms with van der Waals surface area (Å²) in [5.41, 5.74) is 7.99. The predicted molar refractivity (Wildman–Crippen MR) is 94.9 cm³/mol. The van der Waals surface area contributed by atoms with Crippen molar-refractivity contribution in [2.45, 2.75) is 38.6 Å². The molecule has 1 aliphatic rings. The Balaban J connectivity index is 1.94. The quantitative estimate of drug-likeness (QED) is 0.773. The van der Waals surface area contributed by atoms with E-state index < -0.39 is 0 Å². The maximum atomic E-state index is 5.84. The van der Waals surface area contributed by atoms with Gasteiger partial charge in [0.2, 0.25) is 0 Å². The Morgan fingerprint density at radius 3 is 2.57 bits per heavy atom. The number of rotatable bonds is 6. The summed E-state index contributed by atoms with van der Waals surface area (Å²) >= 11 is 5.17. The van der Waals surface area contributed by atoms with Crippen LogP contribution in [0.1, 0.15) is 38.2 Å². The van der Waals surface area contributed by atoms with Crippen LogP contribution < -0.4 is 11.1 Å². The van der Waals surface area contributed by atoms with Crippen LogP contribution in [-0.4, -0.2) is 11.0 Å². The molecule has 0 aliphatic heterocycles. The summed E-state index contributed by atoms with van der Waals surface area (Å²) in [6.45, 7) is 2.26. The summed E-state index contributed by atoms with van der Waals surface area (Å²) in [6, 6.07) is 13.0. The maximum absolute atomic E-state index is 5.84. The summed E-state index contributed by atoms with van der Waals surface area (Å²) in [5, 5.41) is 6.07. The number of benzene rings is 2. The molecule has 3 heteroatoms. The molecule has 2 aromatic rings. The highest BCUT2D eigenvalue weighted by Crippen LogP contribution is 2.35. The minimum atomic E-state index is 0.461. The van der Waals surface area contributed by atoms with Crippen molar-refractivity contribution < 1.29 is 0 Å². The van der Waals surface area contributed by atoms with E-state index in [4.69, 9.17) is 18.0 Å². The van der Waals surface area contributed by atoms with Gasteiger partial charge in [-0.05, 0) is 36.3 Å². The molecule has 21 heavy (non-hydrogen) atoms. The van der Waals surface area contributed by atoms with E-state index in [0.29, 0.717) is 11.0 Å². The summed E-state index contributed by atoms with van der Waals surface area (Å²) in [7, 11) is 0. The molecule has 0 aromatic heterocycles. The number of thiocarbonyl (C=S) groups is 1. The Hall–Kier alpha value is -1.61. The highest BCUT2D eigenvalue weighted by atomic mass is 32.1. The molecule has 1 aliphatic carbocycles. The van der Waals surface area contributed by atoms with Gasteiger partial charge in [-0.25, -0.2) is 0 Å². The second-order valence-corrected chi connectivity index (χ2v) is 6.44. The first-order chi connectivity index (χ1) is 10.2. The topological polar surface area (TPSA) is 38.0 Å². The standard InChI is InChI=1S/C18H22N2S/c1-2-13(11-12-7-8-12)20-17-10-9-16(18(19)21)14-5-3-4-6-15(14)17/h3-6,9-10,12-13,20H,2,7-8,11H2,1H3,(H2,19,21). The molecule has 0 amide bonds. The van der Waals surface area contributed by atoms with E-state index in [1.807, 2.05) is 12.1 Å². The lowest BCUT2D eigenvalue weighted by Crippen LogP contribution is -2.19. The summed E-state index contributed by atoms with van der Waals surface area (Å²) in [4.78, 5) is 0.461. The molecular formula is C18H22N2S. The first kappa shape index (κ1) is 14.3. The average Bonchev–Trinajstić information content (AvgIpc) is 3.30. The Bertz CT molecular complexity index is 661. The molecule has 1 saturated carbocycles. The highest BCUT2D eigenvalue weighted by Gasteiger charge is 2.24. The molecule has 110 valence electrons. The molecule has 0 saturated heterocycles. The Labute approximate surface area is 131 Å². The zero-order chi connectivity index (χ0) is 14.8. The van der Waals surface area contributed by atoms with Crippen molar-refractivity contribution in [1.29, 1.82) is 0 Å². The molecule has 0 radical (unpaired) electrons. The Morgan fingerprint density at radius 2 is 1.95 bits per heavy atom. The van der Waals surface area contributed by atoms with Gasteiger partial charge in [0, 0.05) is 22.7 Å². The SMILES string of the molecule is CCC(CC1CC1)Nc1ccc(C(N)=S)c2ccccc12. The van der Waals surface area contributed by atoms with Gasteiger partial charge in [-0.3, -0.25) is 0 Å². The van der Waals surface area contributed by atoms with Gasteiger partial charge in [-0.2, -0.15) is 0 Å². The van der Waals surface area contributed by atoms with Crippen LogP contribution in [-0.2, 0) is 0 Å². The molecule has 2 aromatic carbocycles. The van der Waals surface area contributed by atoms with Crippen molar-refractivity contribution in [1.82, 2.24) is 0 Å². The second kappa shape index (κ2) is 6.02. The van der Waals surface area contributed by atoms with Gasteiger partial charge >= 0.3 is 0 Å². The summed E-state index contributed by atoms with van der Waals surface area (Å²) < 4.78 is 0. The molecule has 3 N–H and O–H groups in total. The van der Waals surface area contributed by atoms with Gasteiger partial charge in [-0.1, -0.05) is 56.2 Å². The van der Waals surface area contributed by atoms with Crippen LogP contribution in [0.5, 0.6) is 0 Å². The van der Waals surface area contributed by atoms with Crippen LogP contribution >= 0.6 is 12.2 Å². The maximum Gasteiger partial charge on any atom is 0.104 e. The lowest BCUT2D eigenvalue weighted by molar-refractivity contribution is 0.587. The van der Waals surface area contributed by atoms with E-state index in [9.17, 15) is 0 Å². The van der Waals surface area contributed by atoms with E-state index in [2.05, 4.69) is 36.5 Å². The number of hydrogen-bond acceptors (Lipinski definition) is 2. The van der Waals surface area contributed by atoms with Crippen LogP contribution in [0, 0.1) is 5.92 Å². The van der Waals surface area contributed by atoms with Crippen molar-refractivity contribution in [2.24, 2.45) is 11.7 Å². The van der Waals surface area contributed by atoms with Gasteiger partial charge in [0.1, 0.15) is 4.99 Å². The predicted octanol–water partition coefficient (Wildman–Crippen LogP) is 4.46. The molecule has 0 bridgehead atoms. The van der Waals surface area contributed by atoms with E-state index in [1.165, 1.54) is 30.3 Å². The number of nitrogens with two attached hydrogens (primary N) is 1. The van der Waals surface area contributed by atoms with Crippen LogP contribution in [0.25, 0.3) is 10.8 Å². The molecule has 2 nitrogen and oxygen atoms in total. The van der Waals surface area contributed by atoms with Crippen molar-refractivity contribution in [3.63, 3.8) is 0 Å². The van der Waals surface area contributed by atoms with Gasteiger partial charge in [0.05, 0.1) is 0 Å². The average molecular weight is 298 g/mol. The molecule has 0 heterocycles. The molecule has 1 unspecified atom stereocenters. The van der Waals surface area contributed by atoms with E-state index in [0.717, 1.165) is 23.3 Å². The summed E-state index contributed by atoms with van der Waals surface area (Å²) in [6.07, 6.45) is 5.24. The van der Waals surface area contributed by atoms with E-state index in [-0.39, 0.29) is 0 Å². The normalized spacial score (nSPS) is 15.9. The molecular weight excluding hydrogens is 276 g/mol. The third-order valence-corrected chi connectivity index (χ3v) is 4.58. The van der Waals surface area contributed by atoms with Crippen LogP contribution in [0.4, 0.5) is 5.69 Å². The van der Waals surface area contributed by atoms with Crippen LogP contribution in [0.15, 0.2) is 36.4 Å². The Kier molecular flexibility index (Phi) is 4.11. The lowest BCUT2D eigenvalue weighted by Gasteiger charge is -2.20. The summed E-state index contributed by atoms with van der Waals surface area (Å²) in [5.74, 6) is 0.935. The third-order valence-electron chi connectivity index (χ3n) is 4.36. The lowest BCUT2D eigenvalue weighted by atomic mass is 10.0. The van der Waals surface area contributed by atoms with Crippen molar-refractivity contribution >= 4 is 33.7 Å².